The fourth-order valence-electron chi connectivity index (χ4n) is 2.36. The SMILES string of the molecule is COc1ccccc1NC(N)=NCC(c1ccc(F)cc1)N(C)C.I. The van der Waals surface area contributed by atoms with Crippen molar-refractivity contribution in [2.24, 2.45) is 10.7 Å². The molecular formula is C18H24FIN4O. The van der Waals surface area contributed by atoms with E-state index in [1.807, 2.05) is 43.3 Å². The zero-order chi connectivity index (χ0) is 17.5. The van der Waals surface area contributed by atoms with Gasteiger partial charge in [-0.25, -0.2) is 4.39 Å². The van der Waals surface area contributed by atoms with E-state index in [2.05, 4.69) is 10.3 Å². The number of guanidine groups is 1. The molecule has 0 aliphatic rings. The van der Waals surface area contributed by atoms with Crippen LogP contribution >= 0.6 is 24.0 Å². The average molecular weight is 458 g/mol. The molecule has 0 fully saturated rings. The molecule has 0 aliphatic heterocycles. The maximum absolute atomic E-state index is 13.1. The maximum Gasteiger partial charge on any atom is 0.193 e. The Kier molecular flexibility index (Phi) is 8.64. The third-order valence-electron chi connectivity index (χ3n) is 3.68. The second-order valence-corrected chi connectivity index (χ2v) is 5.58. The molecule has 0 heterocycles. The third-order valence-corrected chi connectivity index (χ3v) is 3.68. The molecule has 0 amide bonds. The van der Waals surface area contributed by atoms with E-state index in [0.717, 1.165) is 11.3 Å². The van der Waals surface area contributed by atoms with Gasteiger partial charge in [0.25, 0.3) is 0 Å². The van der Waals surface area contributed by atoms with Crippen molar-refractivity contribution < 1.29 is 9.13 Å². The molecule has 0 aromatic heterocycles. The van der Waals surface area contributed by atoms with E-state index in [9.17, 15) is 4.39 Å². The summed E-state index contributed by atoms with van der Waals surface area (Å²) >= 11 is 0. The van der Waals surface area contributed by atoms with Gasteiger partial charge in [0, 0.05) is 0 Å². The van der Waals surface area contributed by atoms with Gasteiger partial charge in [-0.2, -0.15) is 0 Å². The van der Waals surface area contributed by atoms with Crippen LogP contribution in [0.2, 0.25) is 0 Å². The van der Waals surface area contributed by atoms with Crippen molar-refractivity contribution in [3.8, 4) is 5.75 Å². The summed E-state index contributed by atoms with van der Waals surface area (Å²) in [5.74, 6) is 0.740. The fourth-order valence-corrected chi connectivity index (χ4v) is 2.36. The number of benzene rings is 2. The smallest absolute Gasteiger partial charge is 0.193 e. The first kappa shape index (κ1) is 21.2. The standard InChI is InChI=1S/C18H23FN4O.HI/c1-23(2)16(13-8-10-14(19)11-9-13)12-21-18(20)22-15-6-4-5-7-17(15)24-3;/h4-11,16H,12H2,1-3H3,(H3,20,21,22);1H. The normalized spacial score (nSPS) is 12.4. The summed E-state index contributed by atoms with van der Waals surface area (Å²) in [6, 6.07) is 13.9. The summed E-state index contributed by atoms with van der Waals surface area (Å²) in [5, 5.41) is 3.04. The average Bonchev–Trinajstić information content (AvgIpc) is 2.57. The minimum atomic E-state index is -0.253. The van der Waals surface area contributed by atoms with Gasteiger partial charge >= 0.3 is 0 Å². The van der Waals surface area contributed by atoms with E-state index in [0.29, 0.717) is 18.3 Å². The van der Waals surface area contributed by atoms with Crippen LogP contribution in [0.15, 0.2) is 53.5 Å². The number of nitrogens with two attached hydrogens (primary N) is 1. The number of halogens is 2. The lowest BCUT2D eigenvalue weighted by molar-refractivity contribution is 0.306. The molecule has 0 bridgehead atoms. The van der Waals surface area contributed by atoms with Crippen molar-refractivity contribution in [1.82, 2.24) is 4.90 Å². The van der Waals surface area contributed by atoms with Crippen LogP contribution in [-0.4, -0.2) is 38.6 Å². The Bertz CT molecular complexity index is 692. The van der Waals surface area contributed by atoms with Crippen LogP contribution in [0, 0.1) is 5.82 Å². The van der Waals surface area contributed by atoms with Crippen LogP contribution in [0.3, 0.4) is 0 Å². The first-order valence-electron chi connectivity index (χ1n) is 7.63. The minimum absolute atomic E-state index is 0. The van der Waals surface area contributed by atoms with Gasteiger partial charge in [0.1, 0.15) is 11.6 Å². The van der Waals surface area contributed by atoms with Crippen molar-refractivity contribution >= 4 is 35.6 Å². The van der Waals surface area contributed by atoms with Crippen LogP contribution in [0.5, 0.6) is 5.75 Å². The Morgan fingerprint density at radius 1 is 1.20 bits per heavy atom. The number of rotatable bonds is 6. The van der Waals surface area contributed by atoms with E-state index >= 15 is 0 Å². The second kappa shape index (κ2) is 10.2. The molecule has 0 saturated heterocycles. The molecule has 25 heavy (non-hydrogen) atoms. The first-order valence-corrected chi connectivity index (χ1v) is 7.63. The van der Waals surface area contributed by atoms with Crippen molar-refractivity contribution in [1.29, 1.82) is 0 Å². The van der Waals surface area contributed by atoms with Crippen molar-refractivity contribution in [2.75, 3.05) is 33.1 Å². The maximum atomic E-state index is 13.1. The van der Waals surface area contributed by atoms with Gasteiger partial charge in [-0.05, 0) is 43.9 Å². The number of anilines is 1. The molecule has 0 spiro atoms. The van der Waals surface area contributed by atoms with E-state index in [4.69, 9.17) is 10.5 Å². The molecule has 2 aromatic rings. The van der Waals surface area contributed by atoms with Crippen molar-refractivity contribution in [2.45, 2.75) is 6.04 Å². The lowest BCUT2D eigenvalue weighted by Gasteiger charge is -2.23. The van der Waals surface area contributed by atoms with E-state index in [1.54, 1.807) is 19.2 Å². The van der Waals surface area contributed by atoms with Crippen LogP contribution in [0.1, 0.15) is 11.6 Å². The number of para-hydroxylation sites is 2. The zero-order valence-electron chi connectivity index (χ0n) is 14.6. The number of likely N-dealkylation sites (N-methyl/N-ethyl adjacent to an activating group) is 1. The number of hydrogen-bond donors (Lipinski definition) is 2. The Balaban J connectivity index is 0.00000312. The Morgan fingerprint density at radius 3 is 2.44 bits per heavy atom. The van der Waals surface area contributed by atoms with Gasteiger partial charge in [-0.15, -0.1) is 24.0 Å². The predicted octanol–water partition coefficient (Wildman–Crippen LogP) is 3.48. The van der Waals surface area contributed by atoms with Gasteiger partial charge in [0.05, 0.1) is 25.4 Å². The fraction of sp³-hybridized carbons (Fsp3) is 0.278. The van der Waals surface area contributed by atoms with Gasteiger partial charge in [0.15, 0.2) is 5.96 Å². The summed E-state index contributed by atoms with van der Waals surface area (Å²) in [4.78, 5) is 6.43. The third kappa shape index (κ3) is 6.17. The Labute approximate surface area is 165 Å². The van der Waals surface area contributed by atoms with Gasteiger partial charge in [0.2, 0.25) is 0 Å². The highest BCUT2D eigenvalue weighted by Gasteiger charge is 2.14. The van der Waals surface area contributed by atoms with Crippen LogP contribution in [0.25, 0.3) is 0 Å². The zero-order valence-corrected chi connectivity index (χ0v) is 16.9. The molecule has 3 N–H and O–H groups in total. The Morgan fingerprint density at radius 2 is 1.84 bits per heavy atom. The van der Waals surface area contributed by atoms with Gasteiger partial charge in [-0.3, -0.25) is 4.99 Å². The molecule has 1 atom stereocenters. The topological polar surface area (TPSA) is 62.9 Å². The monoisotopic (exact) mass is 458 g/mol. The Hall–Kier alpha value is -1.87. The number of nitrogens with zero attached hydrogens (tertiary/aromatic N) is 2. The molecule has 136 valence electrons. The van der Waals surface area contributed by atoms with Crippen LogP contribution in [0.4, 0.5) is 10.1 Å². The highest BCUT2D eigenvalue weighted by atomic mass is 127. The predicted molar refractivity (Wildman–Crippen MR) is 111 cm³/mol. The summed E-state index contributed by atoms with van der Waals surface area (Å²) in [6.45, 7) is 0.451. The largest absolute Gasteiger partial charge is 0.495 e. The molecule has 2 rings (SSSR count). The number of hydrogen-bond acceptors (Lipinski definition) is 3. The summed E-state index contributed by atoms with van der Waals surface area (Å²) in [6.07, 6.45) is 0. The number of nitrogens with one attached hydrogen (secondary N) is 1. The first-order chi connectivity index (χ1) is 11.5. The summed E-state index contributed by atoms with van der Waals surface area (Å²) in [5.41, 5.74) is 7.72. The number of ether oxygens (including phenoxy) is 1. The molecule has 7 heteroatoms. The molecule has 0 saturated carbocycles. The van der Waals surface area contributed by atoms with Crippen molar-refractivity contribution in [3.05, 3.63) is 59.9 Å². The highest BCUT2D eigenvalue weighted by Crippen LogP contribution is 2.23. The number of aliphatic imine (C=N–C) groups is 1. The summed E-state index contributed by atoms with van der Waals surface area (Å²) < 4.78 is 18.4. The lowest BCUT2D eigenvalue weighted by Crippen LogP contribution is -2.27. The van der Waals surface area contributed by atoms with E-state index < -0.39 is 0 Å². The lowest BCUT2D eigenvalue weighted by atomic mass is 10.1. The molecule has 0 radical (unpaired) electrons. The molecule has 2 aromatic carbocycles. The van der Waals surface area contributed by atoms with E-state index in [1.165, 1.54) is 12.1 Å². The van der Waals surface area contributed by atoms with Gasteiger partial charge < -0.3 is 20.7 Å². The summed E-state index contributed by atoms with van der Waals surface area (Å²) in [7, 11) is 5.51. The number of methoxy groups -OCH3 is 1. The van der Waals surface area contributed by atoms with E-state index in [-0.39, 0.29) is 35.8 Å². The second-order valence-electron chi connectivity index (χ2n) is 5.58. The quantitative estimate of drug-likeness (QED) is 0.396. The highest BCUT2D eigenvalue weighted by molar-refractivity contribution is 14.0. The molecule has 5 nitrogen and oxygen atoms in total. The minimum Gasteiger partial charge on any atom is -0.495 e. The molecule has 0 aliphatic carbocycles. The van der Waals surface area contributed by atoms with Crippen LogP contribution < -0.4 is 15.8 Å². The molecule has 1 unspecified atom stereocenters. The van der Waals surface area contributed by atoms with Crippen LogP contribution in [-0.2, 0) is 0 Å². The molecular weight excluding hydrogens is 434 g/mol. The van der Waals surface area contributed by atoms with Crippen molar-refractivity contribution in [3.63, 3.8) is 0 Å². The van der Waals surface area contributed by atoms with Gasteiger partial charge in [-0.1, -0.05) is 24.3 Å².